The molecule has 0 bridgehead atoms. The Morgan fingerprint density at radius 3 is 2.66 bits per heavy atom. The summed E-state index contributed by atoms with van der Waals surface area (Å²) in [6.45, 7) is 6.78. The summed E-state index contributed by atoms with van der Waals surface area (Å²) in [5.74, 6) is 0.121. The standard InChI is InChI=1S/C28H28N4O3/c1-19-8-6-10-21(14-19)16-29-27(34)28(3)18-32-24(15-23(30-32)25-12-7-13-35-25)26(33)31(28)17-22-11-5-4-9-20(22)2/h4-15H,16-18H2,1-3H3,(H,29,34)/t28-/m1/s1. The maximum atomic E-state index is 13.8. The smallest absolute Gasteiger partial charge is 0.273 e. The number of aromatic nitrogens is 2. The zero-order valence-electron chi connectivity index (χ0n) is 20.1. The predicted molar refractivity (Wildman–Crippen MR) is 132 cm³/mol. The number of nitrogens with one attached hydrogen (secondary N) is 1. The zero-order valence-corrected chi connectivity index (χ0v) is 20.1. The predicted octanol–water partition coefficient (Wildman–Crippen LogP) is 4.49. The molecule has 1 aliphatic rings. The highest BCUT2D eigenvalue weighted by atomic mass is 16.3. The summed E-state index contributed by atoms with van der Waals surface area (Å²) in [7, 11) is 0. The number of amides is 2. The molecule has 7 heteroatoms. The van der Waals surface area contributed by atoms with Crippen molar-refractivity contribution in [3.8, 4) is 11.5 Å². The number of hydrogen-bond acceptors (Lipinski definition) is 4. The lowest BCUT2D eigenvalue weighted by Crippen LogP contribution is -2.63. The Labute approximate surface area is 204 Å². The molecule has 2 aromatic heterocycles. The van der Waals surface area contributed by atoms with Gasteiger partial charge in [0.15, 0.2) is 5.76 Å². The van der Waals surface area contributed by atoms with Crippen molar-refractivity contribution < 1.29 is 14.0 Å². The quantitative estimate of drug-likeness (QED) is 0.452. The molecule has 1 aliphatic heterocycles. The van der Waals surface area contributed by atoms with Crippen LogP contribution < -0.4 is 5.32 Å². The van der Waals surface area contributed by atoms with Gasteiger partial charge in [-0.1, -0.05) is 54.1 Å². The van der Waals surface area contributed by atoms with Crippen LogP contribution in [0, 0.1) is 13.8 Å². The van der Waals surface area contributed by atoms with Crippen LogP contribution in [0.1, 0.15) is 39.7 Å². The number of nitrogens with zero attached hydrogens (tertiary/aromatic N) is 3. The maximum absolute atomic E-state index is 13.8. The van der Waals surface area contributed by atoms with Gasteiger partial charge in [-0.2, -0.15) is 5.10 Å². The molecule has 0 spiro atoms. The first-order chi connectivity index (χ1) is 16.8. The lowest BCUT2D eigenvalue weighted by Gasteiger charge is -2.43. The first-order valence-corrected chi connectivity index (χ1v) is 11.7. The van der Waals surface area contributed by atoms with Crippen molar-refractivity contribution in [2.45, 2.75) is 45.9 Å². The Morgan fingerprint density at radius 1 is 1.09 bits per heavy atom. The van der Waals surface area contributed by atoms with Gasteiger partial charge in [-0.15, -0.1) is 0 Å². The van der Waals surface area contributed by atoms with Crippen molar-refractivity contribution >= 4 is 11.8 Å². The van der Waals surface area contributed by atoms with Crippen LogP contribution in [0.5, 0.6) is 0 Å². The summed E-state index contributed by atoms with van der Waals surface area (Å²) in [6.07, 6.45) is 1.57. The number of hydrogen-bond donors (Lipinski definition) is 1. The Balaban J connectivity index is 1.50. The normalized spacial score (nSPS) is 17.3. The number of rotatable bonds is 6. The molecular weight excluding hydrogens is 440 g/mol. The third-order valence-electron chi connectivity index (χ3n) is 6.69. The van der Waals surface area contributed by atoms with Crippen molar-refractivity contribution in [1.82, 2.24) is 20.0 Å². The molecule has 5 rings (SSSR count). The van der Waals surface area contributed by atoms with E-state index >= 15 is 0 Å². The van der Waals surface area contributed by atoms with Crippen molar-refractivity contribution in [3.63, 3.8) is 0 Å². The number of fused-ring (bicyclic) bond motifs is 1. The Hall–Kier alpha value is -4.13. The average Bonchev–Trinajstić information content (AvgIpc) is 3.51. The molecule has 0 saturated heterocycles. The van der Waals surface area contributed by atoms with Gasteiger partial charge in [0, 0.05) is 19.2 Å². The fourth-order valence-corrected chi connectivity index (χ4v) is 4.59. The molecule has 1 N–H and O–H groups in total. The van der Waals surface area contributed by atoms with E-state index in [1.54, 1.807) is 34.0 Å². The molecule has 0 fully saturated rings. The van der Waals surface area contributed by atoms with E-state index < -0.39 is 5.54 Å². The van der Waals surface area contributed by atoms with Crippen LogP contribution in [-0.2, 0) is 24.4 Å². The van der Waals surface area contributed by atoms with E-state index in [1.165, 1.54) is 0 Å². The molecule has 4 aromatic rings. The van der Waals surface area contributed by atoms with E-state index in [1.807, 2.05) is 69.3 Å². The minimum Gasteiger partial charge on any atom is -0.463 e. The van der Waals surface area contributed by atoms with Crippen LogP contribution in [0.3, 0.4) is 0 Å². The fourth-order valence-electron chi connectivity index (χ4n) is 4.59. The second-order valence-corrected chi connectivity index (χ2v) is 9.31. The first-order valence-electron chi connectivity index (χ1n) is 11.7. The van der Waals surface area contributed by atoms with Crippen LogP contribution in [0.15, 0.2) is 77.4 Å². The fraction of sp³-hybridized carbons (Fsp3) is 0.250. The lowest BCUT2D eigenvalue weighted by atomic mass is 9.93. The summed E-state index contributed by atoms with van der Waals surface area (Å²) < 4.78 is 7.11. The summed E-state index contributed by atoms with van der Waals surface area (Å²) in [6, 6.07) is 21.3. The Morgan fingerprint density at radius 2 is 1.91 bits per heavy atom. The van der Waals surface area contributed by atoms with Crippen molar-refractivity contribution in [2.24, 2.45) is 0 Å². The topological polar surface area (TPSA) is 80.4 Å². The summed E-state index contributed by atoms with van der Waals surface area (Å²) >= 11 is 0. The minimum atomic E-state index is -1.14. The third kappa shape index (κ3) is 4.25. The molecule has 0 radical (unpaired) electrons. The van der Waals surface area contributed by atoms with Crippen LogP contribution in [0.25, 0.3) is 11.5 Å². The van der Waals surface area contributed by atoms with Gasteiger partial charge in [0.05, 0.1) is 12.8 Å². The molecule has 2 amide bonds. The number of furan rings is 1. The van der Waals surface area contributed by atoms with E-state index in [2.05, 4.69) is 10.4 Å². The highest BCUT2D eigenvalue weighted by Gasteiger charge is 2.48. The van der Waals surface area contributed by atoms with Gasteiger partial charge >= 0.3 is 0 Å². The zero-order chi connectivity index (χ0) is 24.6. The Kier molecular flexibility index (Phi) is 5.76. The van der Waals surface area contributed by atoms with E-state index in [-0.39, 0.29) is 18.4 Å². The Bertz CT molecular complexity index is 1390. The molecule has 0 saturated carbocycles. The van der Waals surface area contributed by atoms with Gasteiger partial charge in [0.1, 0.15) is 16.9 Å². The average molecular weight is 469 g/mol. The van der Waals surface area contributed by atoms with E-state index in [4.69, 9.17) is 4.42 Å². The highest BCUT2D eigenvalue weighted by Crippen LogP contribution is 2.32. The van der Waals surface area contributed by atoms with Gasteiger partial charge < -0.3 is 14.6 Å². The van der Waals surface area contributed by atoms with Gasteiger partial charge in [0.2, 0.25) is 5.91 Å². The molecule has 7 nitrogen and oxygen atoms in total. The van der Waals surface area contributed by atoms with Crippen molar-refractivity contribution in [3.05, 3.63) is 101 Å². The van der Waals surface area contributed by atoms with Crippen LogP contribution in [0.2, 0.25) is 0 Å². The monoisotopic (exact) mass is 468 g/mol. The minimum absolute atomic E-state index is 0.221. The summed E-state index contributed by atoms with van der Waals surface area (Å²) in [5.41, 5.74) is 4.07. The molecule has 0 aliphatic carbocycles. The van der Waals surface area contributed by atoms with Gasteiger partial charge in [-0.3, -0.25) is 14.3 Å². The SMILES string of the molecule is Cc1cccc(CNC(=O)[C@@]2(C)Cn3nc(-c4ccco4)cc3C(=O)N2Cc2ccccc2C)c1. The maximum Gasteiger partial charge on any atom is 0.273 e. The second-order valence-electron chi connectivity index (χ2n) is 9.31. The van der Waals surface area contributed by atoms with Crippen LogP contribution >= 0.6 is 0 Å². The summed E-state index contributed by atoms with van der Waals surface area (Å²) in [4.78, 5) is 29.2. The van der Waals surface area contributed by atoms with E-state index in [0.29, 0.717) is 30.2 Å². The highest BCUT2D eigenvalue weighted by molar-refractivity contribution is 6.00. The lowest BCUT2D eigenvalue weighted by molar-refractivity contribution is -0.133. The summed E-state index contributed by atoms with van der Waals surface area (Å²) in [5, 5.41) is 7.67. The molecule has 3 heterocycles. The third-order valence-corrected chi connectivity index (χ3v) is 6.69. The largest absolute Gasteiger partial charge is 0.463 e. The van der Waals surface area contributed by atoms with Crippen molar-refractivity contribution in [2.75, 3.05) is 0 Å². The van der Waals surface area contributed by atoms with E-state index in [0.717, 1.165) is 22.3 Å². The number of benzene rings is 2. The van der Waals surface area contributed by atoms with E-state index in [9.17, 15) is 9.59 Å². The van der Waals surface area contributed by atoms with Gasteiger partial charge in [-0.05, 0) is 49.6 Å². The molecule has 178 valence electrons. The van der Waals surface area contributed by atoms with Crippen molar-refractivity contribution in [1.29, 1.82) is 0 Å². The molecule has 35 heavy (non-hydrogen) atoms. The number of carbonyl (C=O) groups is 2. The first kappa shape index (κ1) is 22.7. The van der Waals surface area contributed by atoms with Gasteiger partial charge in [-0.25, -0.2) is 0 Å². The molecule has 1 atom stereocenters. The second kappa shape index (κ2) is 8.91. The molecule has 0 unspecified atom stereocenters. The number of carbonyl (C=O) groups excluding carboxylic acids is 2. The van der Waals surface area contributed by atoms with Crippen LogP contribution in [0.4, 0.5) is 0 Å². The van der Waals surface area contributed by atoms with Crippen LogP contribution in [-0.4, -0.2) is 32.0 Å². The molecule has 2 aromatic carbocycles. The number of aryl methyl sites for hydroxylation is 2. The molecular formula is C28H28N4O3. The van der Waals surface area contributed by atoms with Gasteiger partial charge in [0.25, 0.3) is 5.91 Å².